The van der Waals surface area contributed by atoms with Crippen LogP contribution in [-0.2, 0) is 18.1 Å². The molecule has 3 aliphatic heterocycles. The number of nitrogens with one attached hydrogen (secondary N) is 1. The minimum atomic E-state index is -4.54. The Labute approximate surface area is 233 Å². The van der Waals surface area contributed by atoms with Crippen molar-refractivity contribution in [1.82, 2.24) is 30.2 Å². The molecule has 2 fully saturated rings. The average Bonchev–Trinajstić information content (AvgIpc) is 3.54. The molecule has 0 aromatic carbocycles. The Morgan fingerprint density at radius 2 is 1.75 bits per heavy atom. The molecule has 0 atom stereocenters. The minimum Gasteiger partial charge on any atom is -0.477 e. The monoisotopic (exact) mass is 555 g/mol. The van der Waals surface area contributed by atoms with Crippen molar-refractivity contribution in [3.63, 3.8) is 0 Å². The van der Waals surface area contributed by atoms with E-state index in [2.05, 4.69) is 38.3 Å². The topological polar surface area (TPSA) is 79.3 Å². The zero-order valence-electron chi connectivity index (χ0n) is 23.0. The molecular weight excluding hydrogens is 519 g/mol. The second kappa shape index (κ2) is 12.1. The summed E-state index contributed by atoms with van der Waals surface area (Å²) in [5.74, 6) is 0.465. The lowest BCUT2D eigenvalue weighted by Crippen LogP contribution is -2.51. The summed E-state index contributed by atoms with van der Waals surface area (Å²) in [5, 5.41) is 3.22. The lowest BCUT2D eigenvalue weighted by Gasteiger charge is -2.48. The number of anilines is 1. The van der Waals surface area contributed by atoms with Gasteiger partial charge in [0.05, 0.1) is 23.6 Å². The SMILES string of the molecule is C1CCNC1.CCOc1ncccc1-c1ccc2c(n1)CN(C)CC21CCN(c2nccnc2C(F)(F)F)CC1. The van der Waals surface area contributed by atoms with E-state index in [4.69, 9.17) is 9.72 Å². The number of piperidine rings is 1. The molecule has 40 heavy (non-hydrogen) atoms. The molecule has 3 aromatic heterocycles. The Morgan fingerprint density at radius 1 is 1.00 bits per heavy atom. The van der Waals surface area contributed by atoms with Gasteiger partial charge in [0, 0.05) is 50.2 Å². The van der Waals surface area contributed by atoms with Gasteiger partial charge in [-0.15, -0.1) is 0 Å². The predicted octanol–water partition coefficient (Wildman–Crippen LogP) is 4.70. The van der Waals surface area contributed by atoms with Gasteiger partial charge in [-0.3, -0.25) is 9.88 Å². The summed E-state index contributed by atoms with van der Waals surface area (Å²) in [7, 11) is 2.06. The van der Waals surface area contributed by atoms with Crippen molar-refractivity contribution in [3.8, 4) is 17.1 Å². The van der Waals surface area contributed by atoms with Crippen molar-refractivity contribution in [3.05, 3.63) is 59.8 Å². The number of hydrogen-bond acceptors (Lipinski definition) is 8. The van der Waals surface area contributed by atoms with Crippen LogP contribution in [0.3, 0.4) is 0 Å². The van der Waals surface area contributed by atoms with Gasteiger partial charge in [0.25, 0.3) is 0 Å². The Hall–Kier alpha value is -3.31. The van der Waals surface area contributed by atoms with Crippen LogP contribution in [-0.4, -0.2) is 71.2 Å². The van der Waals surface area contributed by atoms with Crippen LogP contribution in [0.5, 0.6) is 5.88 Å². The third kappa shape index (κ3) is 6.05. The number of rotatable bonds is 4. The van der Waals surface area contributed by atoms with Crippen LogP contribution >= 0.6 is 0 Å². The molecule has 6 rings (SSSR count). The number of nitrogens with zero attached hydrogens (tertiary/aromatic N) is 6. The molecular formula is C29H36F3N7O. The highest BCUT2D eigenvalue weighted by Crippen LogP contribution is 2.43. The van der Waals surface area contributed by atoms with Crippen LogP contribution in [0.15, 0.2) is 42.9 Å². The normalized spacial score (nSPS) is 18.7. The van der Waals surface area contributed by atoms with Gasteiger partial charge in [-0.05, 0) is 76.5 Å². The highest BCUT2D eigenvalue weighted by Gasteiger charge is 2.44. The summed E-state index contributed by atoms with van der Waals surface area (Å²) in [6.07, 6.45) is 3.76. The third-order valence-corrected chi connectivity index (χ3v) is 7.79. The predicted molar refractivity (Wildman–Crippen MR) is 147 cm³/mol. The van der Waals surface area contributed by atoms with Gasteiger partial charge in [-0.2, -0.15) is 13.2 Å². The van der Waals surface area contributed by atoms with E-state index in [9.17, 15) is 13.2 Å². The maximum Gasteiger partial charge on any atom is 0.437 e. The Balaban J connectivity index is 0.000000582. The Bertz CT molecular complexity index is 1280. The molecule has 0 saturated carbocycles. The second-order valence-electron chi connectivity index (χ2n) is 10.6. The van der Waals surface area contributed by atoms with E-state index in [1.165, 1.54) is 37.7 Å². The first-order valence-electron chi connectivity index (χ1n) is 13.9. The van der Waals surface area contributed by atoms with Crippen LogP contribution < -0.4 is 15.0 Å². The third-order valence-electron chi connectivity index (χ3n) is 7.79. The molecule has 0 unspecified atom stereocenters. The first-order chi connectivity index (χ1) is 19.3. The fraction of sp³-hybridized carbons (Fsp3) is 0.517. The van der Waals surface area contributed by atoms with Crippen LogP contribution in [0.2, 0.25) is 0 Å². The number of halogens is 3. The van der Waals surface area contributed by atoms with E-state index < -0.39 is 11.9 Å². The van der Waals surface area contributed by atoms with Gasteiger partial charge < -0.3 is 15.0 Å². The summed E-state index contributed by atoms with van der Waals surface area (Å²) in [5.41, 5.74) is 2.71. The van der Waals surface area contributed by atoms with Gasteiger partial charge in [-0.1, -0.05) is 6.07 Å². The zero-order valence-corrected chi connectivity index (χ0v) is 23.0. The van der Waals surface area contributed by atoms with Gasteiger partial charge >= 0.3 is 6.18 Å². The zero-order chi connectivity index (χ0) is 28.2. The molecule has 0 aliphatic carbocycles. The maximum absolute atomic E-state index is 13.5. The number of ether oxygens (including phenoxy) is 1. The van der Waals surface area contributed by atoms with Gasteiger partial charge in [0.2, 0.25) is 5.88 Å². The number of pyridine rings is 2. The highest BCUT2D eigenvalue weighted by molar-refractivity contribution is 5.65. The van der Waals surface area contributed by atoms with Gasteiger partial charge in [-0.25, -0.2) is 15.0 Å². The van der Waals surface area contributed by atoms with E-state index >= 15 is 0 Å². The fourth-order valence-electron chi connectivity index (χ4n) is 5.97. The summed E-state index contributed by atoms with van der Waals surface area (Å²) in [4.78, 5) is 20.9. The summed E-state index contributed by atoms with van der Waals surface area (Å²) < 4.78 is 46.2. The molecule has 2 saturated heterocycles. The minimum absolute atomic E-state index is 0.0901. The van der Waals surface area contributed by atoms with E-state index in [1.807, 2.05) is 25.1 Å². The fourth-order valence-corrected chi connectivity index (χ4v) is 5.97. The molecule has 1 spiro atoms. The number of fused-ring (bicyclic) bond motifs is 2. The number of aromatic nitrogens is 4. The molecule has 214 valence electrons. The summed E-state index contributed by atoms with van der Waals surface area (Å²) in [6, 6.07) is 7.95. The molecule has 3 aromatic rings. The lowest BCUT2D eigenvalue weighted by molar-refractivity contribution is -0.140. The van der Waals surface area contributed by atoms with Crippen LogP contribution in [0, 0.1) is 0 Å². The molecule has 0 amide bonds. The van der Waals surface area contributed by atoms with Crippen molar-refractivity contribution in [2.24, 2.45) is 0 Å². The number of alkyl halides is 3. The van der Waals surface area contributed by atoms with Crippen molar-refractivity contribution < 1.29 is 17.9 Å². The Morgan fingerprint density at radius 3 is 2.42 bits per heavy atom. The second-order valence-corrected chi connectivity index (χ2v) is 10.6. The quantitative estimate of drug-likeness (QED) is 0.496. The smallest absolute Gasteiger partial charge is 0.437 e. The van der Waals surface area contributed by atoms with E-state index in [0.29, 0.717) is 45.0 Å². The lowest BCUT2D eigenvalue weighted by atomic mass is 9.70. The number of likely N-dealkylation sites (N-methyl/N-ethyl adjacent to an activating group) is 1. The molecule has 6 heterocycles. The summed E-state index contributed by atoms with van der Waals surface area (Å²) >= 11 is 0. The van der Waals surface area contributed by atoms with Crippen LogP contribution in [0.4, 0.5) is 19.0 Å². The standard InChI is InChI=1S/C25H27F3N6O.C4H9N/c1-3-35-23-17(5-4-10-31-23)19-7-6-18-20(32-19)15-33(2)16-24(18)8-13-34(14-9-24)22-21(25(26,27)28)29-11-12-30-22;1-2-4-5-3-1/h4-7,10-12H,3,8-9,13-16H2,1-2H3;5H,1-4H2. The molecule has 0 bridgehead atoms. The van der Waals surface area contributed by atoms with Crippen molar-refractivity contribution in [2.45, 2.75) is 50.7 Å². The van der Waals surface area contributed by atoms with E-state index in [1.54, 1.807) is 11.1 Å². The first-order valence-corrected chi connectivity index (χ1v) is 13.9. The largest absolute Gasteiger partial charge is 0.477 e. The van der Waals surface area contributed by atoms with Crippen molar-refractivity contribution in [1.29, 1.82) is 0 Å². The first kappa shape index (κ1) is 28.2. The molecule has 8 nitrogen and oxygen atoms in total. The van der Waals surface area contributed by atoms with Gasteiger partial charge in [0.1, 0.15) is 0 Å². The van der Waals surface area contributed by atoms with Crippen LogP contribution in [0.1, 0.15) is 49.6 Å². The molecule has 3 aliphatic rings. The van der Waals surface area contributed by atoms with Crippen molar-refractivity contribution >= 4 is 5.82 Å². The van der Waals surface area contributed by atoms with Crippen molar-refractivity contribution in [2.75, 3.05) is 51.3 Å². The van der Waals surface area contributed by atoms with E-state index in [-0.39, 0.29) is 11.2 Å². The molecule has 0 radical (unpaired) electrons. The molecule has 11 heteroatoms. The molecule has 1 N–H and O–H groups in total. The number of hydrogen-bond donors (Lipinski definition) is 1. The summed E-state index contributed by atoms with van der Waals surface area (Å²) in [6.45, 7) is 7.41. The van der Waals surface area contributed by atoms with Gasteiger partial charge in [0.15, 0.2) is 11.5 Å². The van der Waals surface area contributed by atoms with E-state index in [0.717, 1.165) is 29.7 Å². The highest BCUT2D eigenvalue weighted by atomic mass is 19.4. The average molecular weight is 556 g/mol. The Kier molecular flexibility index (Phi) is 8.51. The maximum atomic E-state index is 13.5. The van der Waals surface area contributed by atoms with Crippen LogP contribution in [0.25, 0.3) is 11.3 Å².